The van der Waals surface area contributed by atoms with Gasteiger partial charge in [0.05, 0.1) is 6.54 Å². The van der Waals surface area contributed by atoms with Gasteiger partial charge in [0.2, 0.25) is 5.91 Å². The monoisotopic (exact) mass is 395 g/mol. The molecule has 1 saturated heterocycles. The molecule has 0 aliphatic carbocycles. The maximum Gasteiger partial charge on any atom is 0.324 e. The van der Waals surface area contributed by atoms with Crippen LogP contribution < -0.4 is 20.7 Å². The summed E-state index contributed by atoms with van der Waals surface area (Å²) in [6, 6.07) is 15.3. The van der Waals surface area contributed by atoms with Crippen LogP contribution in [0.5, 0.6) is 11.5 Å². The Kier molecular flexibility index (Phi) is 6.67. The zero-order chi connectivity index (χ0) is 20.6. The summed E-state index contributed by atoms with van der Waals surface area (Å²) in [5.41, 5.74) is 2.09. The van der Waals surface area contributed by atoms with Crippen molar-refractivity contribution < 1.29 is 14.3 Å². The first-order valence-electron chi connectivity index (χ1n) is 9.42. The number of carbonyl (C=O) groups excluding carboxylic acids is 2. The first kappa shape index (κ1) is 20.2. The summed E-state index contributed by atoms with van der Waals surface area (Å²) in [7, 11) is 1.67. The minimum atomic E-state index is -0.359. The Labute approximate surface area is 170 Å². The summed E-state index contributed by atoms with van der Waals surface area (Å²) in [6.45, 7) is 3.26. The van der Waals surface area contributed by atoms with Crippen molar-refractivity contribution in [2.24, 2.45) is 4.99 Å². The standard InChI is InChI=1S/C21H25N5O3/c1-15-8-9-16(18(12-15)29-17-6-4-3-5-7-17)13-24-20(22-2)23-10-11-26-19(27)14-25-21(26)28/h3-9,12H,10-11,13-14H2,1-2H3,(H,25,28)(H2,22,23,24). The van der Waals surface area contributed by atoms with Crippen molar-refractivity contribution in [1.82, 2.24) is 20.9 Å². The zero-order valence-corrected chi connectivity index (χ0v) is 16.6. The third-order valence-electron chi connectivity index (χ3n) is 4.43. The molecule has 3 rings (SSSR count). The van der Waals surface area contributed by atoms with Gasteiger partial charge in [-0.05, 0) is 30.7 Å². The summed E-state index contributed by atoms with van der Waals surface area (Å²) >= 11 is 0. The molecule has 0 unspecified atom stereocenters. The van der Waals surface area contributed by atoms with Crippen molar-refractivity contribution in [1.29, 1.82) is 0 Å². The number of carbonyl (C=O) groups is 2. The fourth-order valence-corrected chi connectivity index (χ4v) is 2.89. The van der Waals surface area contributed by atoms with Gasteiger partial charge in [-0.15, -0.1) is 0 Å². The molecule has 8 heteroatoms. The van der Waals surface area contributed by atoms with E-state index in [9.17, 15) is 9.59 Å². The van der Waals surface area contributed by atoms with Crippen LogP contribution in [0.4, 0.5) is 4.79 Å². The van der Waals surface area contributed by atoms with E-state index in [1.54, 1.807) is 7.05 Å². The van der Waals surface area contributed by atoms with Gasteiger partial charge in [0.25, 0.3) is 0 Å². The van der Waals surface area contributed by atoms with E-state index in [2.05, 4.69) is 20.9 Å². The molecule has 2 aromatic carbocycles. The molecule has 2 aromatic rings. The largest absolute Gasteiger partial charge is 0.457 e. The number of benzene rings is 2. The van der Waals surface area contributed by atoms with Gasteiger partial charge in [-0.1, -0.05) is 30.3 Å². The number of aliphatic imine (C=N–C) groups is 1. The van der Waals surface area contributed by atoms with Crippen LogP contribution in [-0.2, 0) is 11.3 Å². The number of amides is 3. The predicted octanol–water partition coefficient (Wildman–Crippen LogP) is 2.00. The van der Waals surface area contributed by atoms with Crippen LogP contribution in [0.1, 0.15) is 11.1 Å². The maximum absolute atomic E-state index is 11.6. The third-order valence-corrected chi connectivity index (χ3v) is 4.43. The number of nitrogens with one attached hydrogen (secondary N) is 3. The normalized spacial score (nSPS) is 14.0. The lowest BCUT2D eigenvalue weighted by Gasteiger charge is -2.17. The Balaban J connectivity index is 1.56. The lowest BCUT2D eigenvalue weighted by atomic mass is 10.1. The van der Waals surface area contributed by atoms with Gasteiger partial charge in [0, 0.05) is 32.2 Å². The molecule has 3 N–H and O–H groups in total. The van der Waals surface area contributed by atoms with Crippen LogP contribution in [0.2, 0.25) is 0 Å². The zero-order valence-electron chi connectivity index (χ0n) is 16.6. The Hall–Kier alpha value is -3.55. The quantitative estimate of drug-likeness (QED) is 0.379. The number of para-hydroxylation sites is 1. The molecule has 1 heterocycles. The van der Waals surface area contributed by atoms with Crippen LogP contribution in [0.25, 0.3) is 0 Å². The van der Waals surface area contributed by atoms with Crippen molar-refractivity contribution in [2.45, 2.75) is 13.5 Å². The molecule has 1 aliphatic rings. The average Bonchev–Trinajstić information content (AvgIpc) is 3.04. The smallest absolute Gasteiger partial charge is 0.324 e. The first-order chi connectivity index (χ1) is 14.1. The fraction of sp³-hybridized carbons (Fsp3) is 0.286. The number of nitrogens with zero attached hydrogens (tertiary/aromatic N) is 2. The Bertz CT molecular complexity index is 882. The Morgan fingerprint density at radius 2 is 1.97 bits per heavy atom. The van der Waals surface area contributed by atoms with Crippen LogP contribution in [0.15, 0.2) is 53.5 Å². The van der Waals surface area contributed by atoms with Gasteiger partial charge >= 0.3 is 6.03 Å². The molecule has 3 amide bonds. The molecule has 0 atom stereocenters. The van der Waals surface area contributed by atoms with E-state index in [0.29, 0.717) is 19.0 Å². The van der Waals surface area contributed by atoms with Gasteiger partial charge in [-0.2, -0.15) is 0 Å². The van der Waals surface area contributed by atoms with Crippen molar-refractivity contribution in [3.8, 4) is 11.5 Å². The SMILES string of the molecule is CN=C(NCCN1C(=O)CNC1=O)NCc1ccc(C)cc1Oc1ccccc1. The number of hydrogen-bond acceptors (Lipinski definition) is 4. The maximum atomic E-state index is 11.6. The van der Waals surface area contributed by atoms with Crippen molar-refractivity contribution in [3.05, 3.63) is 59.7 Å². The summed E-state index contributed by atoms with van der Waals surface area (Å²) < 4.78 is 6.04. The van der Waals surface area contributed by atoms with E-state index in [1.165, 1.54) is 4.90 Å². The highest BCUT2D eigenvalue weighted by Gasteiger charge is 2.27. The fourth-order valence-electron chi connectivity index (χ4n) is 2.89. The van der Waals surface area contributed by atoms with E-state index in [-0.39, 0.29) is 25.0 Å². The number of guanidine groups is 1. The van der Waals surface area contributed by atoms with E-state index in [0.717, 1.165) is 22.6 Å². The lowest BCUT2D eigenvalue weighted by Crippen LogP contribution is -2.43. The van der Waals surface area contributed by atoms with Gasteiger partial charge in [-0.25, -0.2) is 4.79 Å². The molecule has 0 bridgehead atoms. The number of imide groups is 1. The molecular weight excluding hydrogens is 370 g/mol. The molecule has 0 spiro atoms. The number of rotatable bonds is 7. The summed E-state index contributed by atoms with van der Waals surface area (Å²) in [6.07, 6.45) is 0. The molecule has 1 fully saturated rings. The van der Waals surface area contributed by atoms with E-state index in [4.69, 9.17) is 4.74 Å². The minimum absolute atomic E-state index is 0.0590. The van der Waals surface area contributed by atoms with Crippen LogP contribution >= 0.6 is 0 Å². The highest BCUT2D eigenvalue weighted by atomic mass is 16.5. The van der Waals surface area contributed by atoms with Crippen molar-refractivity contribution in [3.63, 3.8) is 0 Å². The Morgan fingerprint density at radius 3 is 2.66 bits per heavy atom. The van der Waals surface area contributed by atoms with E-state index in [1.807, 2.05) is 55.5 Å². The molecule has 152 valence electrons. The van der Waals surface area contributed by atoms with Crippen molar-refractivity contribution in [2.75, 3.05) is 26.7 Å². The van der Waals surface area contributed by atoms with Crippen LogP contribution in [0, 0.1) is 6.92 Å². The second-order valence-corrected chi connectivity index (χ2v) is 6.58. The number of hydrogen-bond donors (Lipinski definition) is 3. The second-order valence-electron chi connectivity index (χ2n) is 6.58. The first-order valence-corrected chi connectivity index (χ1v) is 9.42. The van der Waals surface area contributed by atoms with Gasteiger partial charge in [0.15, 0.2) is 5.96 Å². The summed E-state index contributed by atoms with van der Waals surface area (Å²) in [5.74, 6) is 1.90. The lowest BCUT2D eigenvalue weighted by molar-refractivity contribution is -0.124. The molecule has 8 nitrogen and oxygen atoms in total. The van der Waals surface area contributed by atoms with E-state index >= 15 is 0 Å². The molecule has 0 aromatic heterocycles. The number of aryl methyl sites for hydroxylation is 1. The van der Waals surface area contributed by atoms with Crippen molar-refractivity contribution >= 4 is 17.9 Å². The third kappa shape index (κ3) is 5.47. The molecule has 1 aliphatic heterocycles. The average molecular weight is 395 g/mol. The number of urea groups is 1. The second kappa shape index (κ2) is 9.59. The summed E-state index contributed by atoms with van der Waals surface area (Å²) in [5, 5.41) is 8.85. The highest BCUT2D eigenvalue weighted by molar-refractivity contribution is 6.01. The summed E-state index contributed by atoms with van der Waals surface area (Å²) in [4.78, 5) is 28.5. The molecule has 29 heavy (non-hydrogen) atoms. The van der Waals surface area contributed by atoms with Crippen LogP contribution in [0.3, 0.4) is 0 Å². The number of ether oxygens (including phenoxy) is 1. The van der Waals surface area contributed by atoms with E-state index < -0.39 is 0 Å². The highest BCUT2D eigenvalue weighted by Crippen LogP contribution is 2.26. The topological polar surface area (TPSA) is 95.1 Å². The van der Waals surface area contributed by atoms with Gasteiger partial charge in [0.1, 0.15) is 11.5 Å². The van der Waals surface area contributed by atoms with Gasteiger partial charge < -0.3 is 20.7 Å². The molecule has 0 saturated carbocycles. The molecule has 0 radical (unpaired) electrons. The Morgan fingerprint density at radius 1 is 1.17 bits per heavy atom. The molecular formula is C21H25N5O3. The predicted molar refractivity (Wildman–Crippen MR) is 111 cm³/mol. The van der Waals surface area contributed by atoms with Crippen LogP contribution in [-0.4, -0.2) is 49.5 Å². The minimum Gasteiger partial charge on any atom is -0.457 e. The van der Waals surface area contributed by atoms with Gasteiger partial charge in [-0.3, -0.25) is 14.7 Å².